The molecule has 2 aromatic rings. The fourth-order valence-electron chi connectivity index (χ4n) is 2.28. The Morgan fingerprint density at radius 1 is 1.04 bits per heavy atom. The highest BCUT2D eigenvalue weighted by Gasteiger charge is 2.08. The molecule has 0 aliphatic rings. The van der Waals surface area contributed by atoms with Gasteiger partial charge in [0.15, 0.2) is 0 Å². The number of thioether (sulfide) groups is 1. The number of hydrogen-bond acceptors (Lipinski definition) is 4. The smallest absolute Gasteiger partial charge is 0.260 e. The molecule has 1 heterocycles. The van der Waals surface area contributed by atoms with Crippen molar-refractivity contribution in [1.82, 2.24) is 20.6 Å². The molecule has 0 bridgehead atoms. The number of nitrogens with one attached hydrogen (secondary N) is 2. The first-order chi connectivity index (χ1) is 11.8. The molecule has 0 atom stereocenters. The molecule has 134 valence electrons. The highest BCUT2D eigenvalue weighted by Crippen LogP contribution is 2.21. The fraction of sp³-hybridized carbons (Fsp3) is 0.389. The SMILES string of the molecule is Cc1cc(C)n(CC(=O)NNC(=O)CCSc2ccc(C)c(C)c2)n1. The number of amides is 2. The van der Waals surface area contributed by atoms with Gasteiger partial charge in [-0.15, -0.1) is 11.8 Å². The number of aryl methyl sites for hydroxylation is 4. The van der Waals surface area contributed by atoms with Gasteiger partial charge in [-0.25, -0.2) is 0 Å². The summed E-state index contributed by atoms with van der Waals surface area (Å²) in [6, 6.07) is 8.15. The molecule has 0 unspecified atom stereocenters. The van der Waals surface area contributed by atoms with E-state index in [0.717, 1.165) is 16.3 Å². The van der Waals surface area contributed by atoms with Crippen LogP contribution in [0.3, 0.4) is 0 Å². The Hall–Kier alpha value is -2.28. The lowest BCUT2D eigenvalue weighted by Crippen LogP contribution is -2.43. The van der Waals surface area contributed by atoms with Crippen molar-refractivity contribution in [3.8, 4) is 0 Å². The number of carbonyl (C=O) groups excluding carboxylic acids is 2. The van der Waals surface area contributed by atoms with E-state index in [2.05, 4.69) is 48.0 Å². The molecule has 7 heteroatoms. The Balaban J connectivity index is 1.68. The summed E-state index contributed by atoms with van der Waals surface area (Å²) in [4.78, 5) is 24.8. The normalized spacial score (nSPS) is 10.6. The van der Waals surface area contributed by atoms with Crippen molar-refractivity contribution < 1.29 is 9.59 Å². The fourth-order valence-corrected chi connectivity index (χ4v) is 3.23. The molecule has 0 aliphatic heterocycles. The van der Waals surface area contributed by atoms with Gasteiger partial charge >= 0.3 is 0 Å². The van der Waals surface area contributed by atoms with Crippen molar-refractivity contribution >= 4 is 23.6 Å². The Labute approximate surface area is 152 Å². The van der Waals surface area contributed by atoms with Crippen molar-refractivity contribution in [2.45, 2.75) is 45.6 Å². The maximum absolute atomic E-state index is 11.9. The van der Waals surface area contributed by atoms with Gasteiger partial charge in [0.25, 0.3) is 5.91 Å². The van der Waals surface area contributed by atoms with Crippen LogP contribution in [0.15, 0.2) is 29.2 Å². The van der Waals surface area contributed by atoms with Crippen LogP contribution in [0.5, 0.6) is 0 Å². The summed E-state index contributed by atoms with van der Waals surface area (Å²) in [7, 11) is 0. The van der Waals surface area contributed by atoms with Crippen molar-refractivity contribution in [3.63, 3.8) is 0 Å². The van der Waals surface area contributed by atoms with Gasteiger partial charge in [0.05, 0.1) is 5.69 Å². The number of hydrogen-bond donors (Lipinski definition) is 2. The van der Waals surface area contributed by atoms with Crippen LogP contribution in [0.2, 0.25) is 0 Å². The zero-order valence-electron chi connectivity index (χ0n) is 15.0. The summed E-state index contributed by atoms with van der Waals surface area (Å²) in [6.07, 6.45) is 0.331. The molecule has 0 fully saturated rings. The minimum atomic E-state index is -0.304. The van der Waals surface area contributed by atoms with E-state index in [9.17, 15) is 9.59 Å². The van der Waals surface area contributed by atoms with Crippen molar-refractivity contribution in [3.05, 3.63) is 46.8 Å². The molecule has 2 rings (SSSR count). The predicted octanol–water partition coefficient (Wildman–Crippen LogP) is 2.45. The standard InChI is InChI=1S/C18H24N4O2S/c1-12-5-6-16(9-13(12)2)25-8-7-17(23)19-20-18(24)11-22-15(4)10-14(3)21-22/h5-6,9-10H,7-8,11H2,1-4H3,(H,19,23)(H,20,24). The zero-order valence-corrected chi connectivity index (χ0v) is 15.9. The first-order valence-electron chi connectivity index (χ1n) is 8.14. The maximum Gasteiger partial charge on any atom is 0.260 e. The molecule has 0 spiro atoms. The van der Waals surface area contributed by atoms with E-state index < -0.39 is 0 Å². The van der Waals surface area contributed by atoms with Gasteiger partial charge in [0, 0.05) is 22.8 Å². The van der Waals surface area contributed by atoms with Crippen LogP contribution < -0.4 is 10.9 Å². The van der Waals surface area contributed by atoms with Crippen LogP contribution in [-0.2, 0) is 16.1 Å². The van der Waals surface area contributed by atoms with Crippen molar-refractivity contribution in [2.75, 3.05) is 5.75 Å². The number of hydrazine groups is 1. The Morgan fingerprint density at radius 2 is 1.76 bits per heavy atom. The van der Waals surface area contributed by atoms with Gasteiger partial charge in [-0.2, -0.15) is 5.10 Å². The summed E-state index contributed by atoms with van der Waals surface area (Å²) >= 11 is 1.63. The average molecular weight is 360 g/mol. The van der Waals surface area contributed by atoms with Gasteiger partial charge in [-0.3, -0.25) is 25.1 Å². The Kier molecular flexibility index (Phi) is 6.64. The van der Waals surface area contributed by atoms with E-state index in [0.29, 0.717) is 12.2 Å². The van der Waals surface area contributed by atoms with E-state index in [1.165, 1.54) is 11.1 Å². The second kappa shape index (κ2) is 8.71. The Morgan fingerprint density at radius 3 is 2.40 bits per heavy atom. The van der Waals surface area contributed by atoms with Gasteiger partial charge in [-0.05, 0) is 57.0 Å². The van der Waals surface area contributed by atoms with Crippen molar-refractivity contribution in [2.24, 2.45) is 0 Å². The van der Waals surface area contributed by atoms with E-state index in [4.69, 9.17) is 0 Å². The first kappa shape index (κ1) is 19.1. The predicted molar refractivity (Wildman–Crippen MR) is 99.2 cm³/mol. The van der Waals surface area contributed by atoms with Gasteiger partial charge in [0.2, 0.25) is 5.91 Å². The van der Waals surface area contributed by atoms with Gasteiger partial charge < -0.3 is 0 Å². The molecular weight excluding hydrogens is 336 g/mol. The first-order valence-corrected chi connectivity index (χ1v) is 9.12. The highest BCUT2D eigenvalue weighted by molar-refractivity contribution is 7.99. The summed E-state index contributed by atoms with van der Waals surface area (Å²) in [5.74, 6) is 0.140. The molecule has 0 saturated heterocycles. The Bertz CT molecular complexity index is 770. The molecule has 1 aromatic heterocycles. The van der Waals surface area contributed by atoms with Crippen LogP contribution in [0.1, 0.15) is 28.9 Å². The number of carbonyl (C=O) groups is 2. The molecule has 2 N–H and O–H groups in total. The second-order valence-electron chi connectivity index (χ2n) is 6.03. The topological polar surface area (TPSA) is 76.0 Å². The number of aromatic nitrogens is 2. The molecule has 6 nitrogen and oxygen atoms in total. The van der Waals surface area contributed by atoms with Crippen LogP contribution >= 0.6 is 11.8 Å². The van der Waals surface area contributed by atoms with Crippen LogP contribution in [0, 0.1) is 27.7 Å². The number of rotatable bonds is 6. The van der Waals surface area contributed by atoms with Gasteiger partial charge in [0.1, 0.15) is 6.54 Å². The van der Waals surface area contributed by atoms with Crippen LogP contribution in [0.25, 0.3) is 0 Å². The summed E-state index contributed by atoms with van der Waals surface area (Å²) in [5.41, 5.74) is 9.13. The maximum atomic E-state index is 11.9. The molecule has 1 aromatic carbocycles. The molecule has 25 heavy (non-hydrogen) atoms. The highest BCUT2D eigenvalue weighted by atomic mass is 32.2. The summed E-state index contributed by atoms with van der Waals surface area (Å²) in [6.45, 7) is 7.99. The molecular formula is C18H24N4O2S. The second-order valence-corrected chi connectivity index (χ2v) is 7.19. The average Bonchev–Trinajstić information content (AvgIpc) is 2.86. The summed E-state index contributed by atoms with van der Waals surface area (Å²) < 4.78 is 1.60. The quantitative estimate of drug-likeness (QED) is 0.613. The van der Waals surface area contributed by atoms with Crippen LogP contribution in [-0.4, -0.2) is 27.3 Å². The molecule has 0 aliphatic carbocycles. The lowest BCUT2D eigenvalue weighted by molar-refractivity contribution is -0.129. The summed E-state index contributed by atoms with van der Waals surface area (Å²) in [5, 5.41) is 4.21. The van der Waals surface area contributed by atoms with Gasteiger partial charge in [-0.1, -0.05) is 6.07 Å². The van der Waals surface area contributed by atoms with E-state index in [1.54, 1.807) is 16.4 Å². The third-order valence-corrected chi connectivity index (χ3v) is 4.81. The molecule has 0 radical (unpaired) electrons. The minimum Gasteiger partial charge on any atom is -0.273 e. The lowest BCUT2D eigenvalue weighted by atomic mass is 10.1. The number of nitrogens with zero attached hydrogens (tertiary/aromatic N) is 2. The zero-order chi connectivity index (χ0) is 18.4. The minimum absolute atomic E-state index is 0.0807. The third-order valence-electron chi connectivity index (χ3n) is 3.81. The molecule has 0 saturated carbocycles. The number of benzene rings is 1. The van der Waals surface area contributed by atoms with E-state index >= 15 is 0 Å². The van der Waals surface area contributed by atoms with E-state index in [1.807, 2.05) is 19.9 Å². The molecule has 2 amide bonds. The largest absolute Gasteiger partial charge is 0.273 e. The monoisotopic (exact) mass is 360 g/mol. The lowest BCUT2D eigenvalue weighted by Gasteiger charge is -2.09. The van der Waals surface area contributed by atoms with Crippen molar-refractivity contribution in [1.29, 1.82) is 0 Å². The van der Waals surface area contributed by atoms with E-state index in [-0.39, 0.29) is 18.4 Å². The third kappa shape index (κ3) is 5.94. The van der Waals surface area contributed by atoms with Crippen LogP contribution in [0.4, 0.5) is 0 Å².